The fourth-order valence-electron chi connectivity index (χ4n) is 2.49. The lowest BCUT2D eigenvalue weighted by molar-refractivity contribution is 0.194. The standard InChI is InChI=1S/C11H19ClN4S/c1-3-16-6-4-5-9(16)7-15(2)8-10-11(12)17-14-13-10/h9H,3-8H2,1-2H3. The molecule has 0 aromatic carbocycles. The molecule has 96 valence electrons. The van der Waals surface area contributed by atoms with Gasteiger partial charge in [0.15, 0.2) is 0 Å². The summed E-state index contributed by atoms with van der Waals surface area (Å²) in [5.41, 5.74) is 0.903. The number of rotatable bonds is 5. The van der Waals surface area contributed by atoms with Gasteiger partial charge in [-0.1, -0.05) is 23.0 Å². The number of likely N-dealkylation sites (N-methyl/N-ethyl adjacent to an activating group) is 2. The minimum absolute atomic E-state index is 0.690. The summed E-state index contributed by atoms with van der Waals surface area (Å²) in [6.07, 6.45) is 2.63. The van der Waals surface area contributed by atoms with Crippen LogP contribution >= 0.6 is 23.1 Å². The van der Waals surface area contributed by atoms with E-state index in [0.717, 1.165) is 29.7 Å². The van der Waals surface area contributed by atoms with Gasteiger partial charge in [-0.25, -0.2) is 0 Å². The van der Waals surface area contributed by atoms with E-state index in [0.29, 0.717) is 6.04 Å². The van der Waals surface area contributed by atoms with Crippen molar-refractivity contribution < 1.29 is 0 Å². The third-order valence-corrected chi connectivity index (χ3v) is 4.34. The van der Waals surface area contributed by atoms with Gasteiger partial charge in [0.1, 0.15) is 10.0 Å². The minimum Gasteiger partial charge on any atom is -0.299 e. The van der Waals surface area contributed by atoms with Crippen molar-refractivity contribution in [2.75, 3.05) is 26.7 Å². The van der Waals surface area contributed by atoms with Gasteiger partial charge >= 0.3 is 0 Å². The Balaban J connectivity index is 1.85. The summed E-state index contributed by atoms with van der Waals surface area (Å²) >= 11 is 7.27. The van der Waals surface area contributed by atoms with Gasteiger partial charge in [-0.2, -0.15) is 0 Å². The Morgan fingerprint density at radius 1 is 1.59 bits per heavy atom. The van der Waals surface area contributed by atoms with Gasteiger partial charge in [0.25, 0.3) is 0 Å². The van der Waals surface area contributed by atoms with Crippen molar-refractivity contribution >= 4 is 23.1 Å². The van der Waals surface area contributed by atoms with E-state index in [-0.39, 0.29) is 0 Å². The van der Waals surface area contributed by atoms with Crippen molar-refractivity contribution in [3.63, 3.8) is 0 Å². The predicted octanol–water partition coefficient (Wildman–Crippen LogP) is 2.11. The van der Waals surface area contributed by atoms with Gasteiger partial charge in [0.05, 0.1) is 0 Å². The van der Waals surface area contributed by atoms with E-state index < -0.39 is 0 Å². The fraction of sp³-hybridized carbons (Fsp3) is 0.818. The van der Waals surface area contributed by atoms with Gasteiger partial charge in [0, 0.05) is 30.7 Å². The molecule has 1 atom stereocenters. The van der Waals surface area contributed by atoms with Gasteiger partial charge in [0.2, 0.25) is 0 Å². The molecule has 4 nitrogen and oxygen atoms in total. The molecular formula is C11H19ClN4S. The molecule has 0 spiro atoms. The van der Waals surface area contributed by atoms with Crippen LogP contribution in [0.2, 0.25) is 4.34 Å². The molecule has 6 heteroatoms. The molecule has 0 amide bonds. The summed E-state index contributed by atoms with van der Waals surface area (Å²) in [4.78, 5) is 4.85. The highest BCUT2D eigenvalue weighted by Gasteiger charge is 2.24. The SMILES string of the molecule is CCN1CCCC1CN(C)Cc1nnsc1Cl. The average Bonchev–Trinajstić information content (AvgIpc) is 2.89. The lowest BCUT2D eigenvalue weighted by atomic mass is 10.2. The molecule has 1 fully saturated rings. The first kappa shape index (κ1) is 13.2. The van der Waals surface area contributed by atoms with Gasteiger partial charge in [-0.15, -0.1) is 5.10 Å². The molecule has 2 rings (SSSR count). The molecule has 1 saturated heterocycles. The Morgan fingerprint density at radius 3 is 3.06 bits per heavy atom. The number of halogens is 1. The van der Waals surface area contributed by atoms with Crippen molar-refractivity contribution in [3.8, 4) is 0 Å². The van der Waals surface area contributed by atoms with Gasteiger partial charge in [-0.3, -0.25) is 9.80 Å². The van der Waals surface area contributed by atoms with Crippen LogP contribution in [0.5, 0.6) is 0 Å². The Morgan fingerprint density at radius 2 is 2.41 bits per heavy atom. The van der Waals surface area contributed by atoms with E-state index in [4.69, 9.17) is 11.6 Å². The molecule has 0 bridgehead atoms. The molecule has 0 N–H and O–H groups in total. The van der Waals surface area contributed by atoms with E-state index in [1.807, 2.05) is 0 Å². The molecule has 17 heavy (non-hydrogen) atoms. The summed E-state index contributed by atoms with van der Waals surface area (Å²) in [5, 5.41) is 4.05. The smallest absolute Gasteiger partial charge is 0.138 e. The third kappa shape index (κ3) is 3.37. The van der Waals surface area contributed by atoms with Gasteiger partial charge < -0.3 is 0 Å². The molecule has 1 aromatic heterocycles. The summed E-state index contributed by atoms with van der Waals surface area (Å²) in [7, 11) is 2.13. The zero-order valence-electron chi connectivity index (χ0n) is 10.4. The second kappa shape index (κ2) is 6.09. The van der Waals surface area contributed by atoms with E-state index in [2.05, 4.69) is 33.4 Å². The van der Waals surface area contributed by atoms with Crippen LogP contribution in [0.1, 0.15) is 25.5 Å². The average molecular weight is 275 g/mol. The highest BCUT2D eigenvalue weighted by Crippen LogP contribution is 2.21. The first-order valence-electron chi connectivity index (χ1n) is 6.10. The first-order valence-corrected chi connectivity index (χ1v) is 7.25. The summed E-state index contributed by atoms with van der Waals surface area (Å²) in [6, 6.07) is 0.690. The maximum atomic E-state index is 6.01. The number of nitrogens with zero attached hydrogens (tertiary/aromatic N) is 4. The summed E-state index contributed by atoms with van der Waals surface area (Å²) in [6.45, 7) is 6.51. The zero-order chi connectivity index (χ0) is 12.3. The maximum absolute atomic E-state index is 6.01. The maximum Gasteiger partial charge on any atom is 0.138 e. The van der Waals surface area contributed by atoms with Crippen LogP contribution in [0, 0.1) is 0 Å². The lowest BCUT2D eigenvalue weighted by Gasteiger charge is -2.27. The van der Waals surface area contributed by atoms with Crippen molar-refractivity contribution in [2.24, 2.45) is 0 Å². The highest BCUT2D eigenvalue weighted by atomic mass is 35.5. The minimum atomic E-state index is 0.690. The Labute approximate surface area is 112 Å². The molecular weight excluding hydrogens is 256 g/mol. The van der Waals surface area contributed by atoms with Crippen LogP contribution in [-0.4, -0.2) is 52.1 Å². The number of hydrogen-bond acceptors (Lipinski definition) is 5. The van der Waals surface area contributed by atoms with Crippen LogP contribution in [0.25, 0.3) is 0 Å². The van der Waals surface area contributed by atoms with Crippen LogP contribution in [-0.2, 0) is 6.54 Å². The zero-order valence-corrected chi connectivity index (χ0v) is 12.0. The first-order chi connectivity index (χ1) is 8.20. The lowest BCUT2D eigenvalue weighted by Crippen LogP contribution is -2.38. The molecule has 0 saturated carbocycles. The van der Waals surface area contributed by atoms with Crippen LogP contribution in [0.15, 0.2) is 0 Å². The molecule has 1 aromatic rings. The molecule has 1 aliphatic heterocycles. The quantitative estimate of drug-likeness (QED) is 0.823. The molecule has 1 unspecified atom stereocenters. The Bertz CT molecular complexity index is 357. The van der Waals surface area contributed by atoms with Crippen LogP contribution < -0.4 is 0 Å². The summed E-state index contributed by atoms with van der Waals surface area (Å²) < 4.78 is 4.58. The Hall–Kier alpha value is -0.230. The molecule has 0 radical (unpaired) electrons. The molecule has 2 heterocycles. The number of hydrogen-bond donors (Lipinski definition) is 0. The van der Waals surface area contributed by atoms with Crippen molar-refractivity contribution in [1.82, 2.24) is 19.4 Å². The fourth-order valence-corrected chi connectivity index (χ4v) is 3.10. The van der Waals surface area contributed by atoms with Crippen LogP contribution in [0.4, 0.5) is 0 Å². The second-order valence-corrected chi connectivity index (χ2v) is 5.97. The second-order valence-electron chi connectivity index (χ2n) is 4.61. The van der Waals surface area contributed by atoms with E-state index >= 15 is 0 Å². The van der Waals surface area contributed by atoms with Crippen molar-refractivity contribution in [1.29, 1.82) is 0 Å². The number of likely N-dealkylation sites (tertiary alicyclic amines) is 1. The topological polar surface area (TPSA) is 32.3 Å². The molecule has 1 aliphatic rings. The van der Waals surface area contributed by atoms with Crippen molar-refractivity contribution in [3.05, 3.63) is 10.0 Å². The van der Waals surface area contributed by atoms with Crippen molar-refractivity contribution in [2.45, 2.75) is 32.4 Å². The summed E-state index contributed by atoms with van der Waals surface area (Å²) in [5.74, 6) is 0. The predicted molar refractivity (Wildman–Crippen MR) is 71.5 cm³/mol. The third-order valence-electron chi connectivity index (χ3n) is 3.36. The number of aromatic nitrogens is 2. The van der Waals surface area contributed by atoms with Crippen LogP contribution in [0.3, 0.4) is 0 Å². The van der Waals surface area contributed by atoms with E-state index in [1.165, 1.54) is 30.9 Å². The highest BCUT2D eigenvalue weighted by molar-refractivity contribution is 7.10. The Kier molecular flexibility index (Phi) is 4.73. The van der Waals surface area contributed by atoms with Gasteiger partial charge in [-0.05, 0) is 33.0 Å². The van der Waals surface area contributed by atoms with E-state index in [1.54, 1.807) is 0 Å². The normalized spacial score (nSPS) is 21.5. The monoisotopic (exact) mass is 274 g/mol. The molecule has 0 aliphatic carbocycles. The van der Waals surface area contributed by atoms with E-state index in [9.17, 15) is 0 Å². The largest absolute Gasteiger partial charge is 0.299 e.